The molecule has 0 aliphatic carbocycles. The molecule has 2 aromatic rings. The van der Waals surface area contributed by atoms with Gasteiger partial charge in [-0.05, 0) is 52.7 Å². The van der Waals surface area contributed by atoms with Crippen LogP contribution in [0.2, 0.25) is 0 Å². The third-order valence-corrected chi connectivity index (χ3v) is 3.61. The Bertz CT molecular complexity index is 693. The molecule has 0 spiro atoms. The molecule has 0 bridgehead atoms. The van der Waals surface area contributed by atoms with E-state index in [0.717, 1.165) is 10.0 Å². The SMILES string of the molecule is COc1cc(C#N)ccc1Oc1ccc(C(C)N)cc1Br. The number of methoxy groups -OCH3 is 1. The number of benzene rings is 2. The fourth-order valence-corrected chi connectivity index (χ4v) is 2.30. The Morgan fingerprint density at radius 3 is 2.43 bits per heavy atom. The second kappa shape index (κ2) is 6.61. The zero-order valence-electron chi connectivity index (χ0n) is 11.8. The minimum Gasteiger partial charge on any atom is -0.493 e. The molecule has 2 N–H and O–H groups in total. The minimum atomic E-state index is -0.0419. The number of nitrogens with zero attached hydrogens (tertiary/aromatic N) is 1. The lowest BCUT2D eigenvalue weighted by Gasteiger charge is -2.13. The van der Waals surface area contributed by atoms with Gasteiger partial charge in [0.2, 0.25) is 0 Å². The van der Waals surface area contributed by atoms with Crippen molar-refractivity contribution in [1.29, 1.82) is 5.26 Å². The largest absolute Gasteiger partial charge is 0.493 e. The standard InChI is InChI=1S/C16H15BrN2O2/c1-10(19)12-4-6-14(13(17)8-12)21-15-5-3-11(9-18)7-16(15)20-2/h3-8,10H,19H2,1-2H3. The van der Waals surface area contributed by atoms with Crippen molar-refractivity contribution in [1.82, 2.24) is 0 Å². The summed E-state index contributed by atoms with van der Waals surface area (Å²) in [7, 11) is 1.54. The Morgan fingerprint density at radius 1 is 1.14 bits per heavy atom. The Morgan fingerprint density at radius 2 is 1.86 bits per heavy atom. The first-order valence-electron chi connectivity index (χ1n) is 6.36. The van der Waals surface area contributed by atoms with Gasteiger partial charge >= 0.3 is 0 Å². The third-order valence-electron chi connectivity index (χ3n) is 2.99. The van der Waals surface area contributed by atoms with E-state index < -0.39 is 0 Å². The Kier molecular flexibility index (Phi) is 4.84. The number of hydrogen-bond acceptors (Lipinski definition) is 4. The Labute approximate surface area is 132 Å². The van der Waals surface area contributed by atoms with Gasteiger partial charge in [0, 0.05) is 12.1 Å². The van der Waals surface area contributed by atoms with Crippen LogP contribution in [-0.2, 0) is 0 Å². The fraction of sp³-hybridized carbons (Fsp3) is 0.188. The molecule has 21 heavy (non-hydrogen) atoms. The van der Waals surface area contributed by atoms with Crippen LogP contribution in [0.15, 0.2) is 40.9 Å². The maximum atomic E-state index is 8.90. The molecule has 4 nitrogen and oxygen atoms in total. The van der Waals surface area contributed by atoms with Crippen LogP contribution in [0.3, 0.4) is 0 Å². The number of rotatable bonds is 4. The summed E-state index contributed by atoms with van der Waals surface area (Å²) in [6.07, 6.45) is 0. The molecule has 5 heteroatoms. The van der Waals surface area contributed by atoms with Gasteiger partial charge in [-0.15, -0.1) is 0 Å². The summed E-state index contributed by atoms with van der Waals surface area (Å²) in [6, 6.07) is 12.7. The van der Waals surface area contributed by atoms with Gasteiger partial charge < -0.3 is 15.2 Å². The van der Waals surface area contributed by atoms with Gasteiger partial charge in [0.25, 0.3) is 0 Å². The van der Waals surface area contributed by atoms with Crippen LogP contribution in [0.5, 0.6) is 17.2 Å². The van der Waals surface area contributed by atoms with Crippen LogP contribution in [0, 0.1) is 11.3 Å². The first-order chi connectivity index (χ1) is 10.0. The lowest BCUT2D eigenvalue weighted by molar-refractivity contribution is 0.378. The highest BCUT2D eigenvalue weighted by atomic mass is 79.9. The van der Waals surface area contributed by atoms with Crippen LogP contribution in [-0.4, -0.2) is 7.11 Å². The number of halogens is 1. The van der Waals surface area contributed by atoms with Crippen molar-refractivity contribution in [2.24, 2.45) is 5.73 Å². The van der Waals surface area contributed by atoms with E-state index in [2.05, 4.69) is 22.0 Å². The smallest absolute Gasteiger partial charge is 0.169 e. The number of ether oxygens (including phenoxy) is 2. The third kappa shape index (κ3) is 3.54. The van der Waals surface area contributed by atoms with Crippen molar-refractivity contribution in [3.63, 3.8) is 0 Å². The molecule has 1 atom stereocenters. The van der Waals surface area contributed by atoms with Crippen molar-refractivity contribution in [2.75, 3.05) is 7.11 Å². The summed E-state index contributed by atoms with van der Waals surface area (Å²) in [5.74, 6) is 1.71. The molecule has 2 rings (SSSR count). The van der Waals surface area contributed by atoms with Gasteiger partial charge in [-0.1, -0.05) is 6.07 Å². The summed E-state index contributed by atoms with van der Waals surface area (Å²) < 4.78 is 11.9. The predicted molar refractivity (Wildman–Crippen MR) is 84.5 cm³/mol. The molecule has 2 aromatic carbocycles. The van der Waals surface area contributed by atoms with Gasteiger partial charge in [0.1, 0.15) is 5.75 Å². The second-order valence-electron chi connectivity index (χ2n) is 4.56. The van der Waals surface area contributed by atoms with Crippen LogP contribution >= 0.6 is 15.9 Å². The average molecular weight is 347 g/mol. The van der Waals surface area contributed by atoms with Crippen molar-refractivity contribution in [3.8, 4) is 23.3 Å². The van der Waals surface area contributed by atoms with Crippen LogP contribution < -0.4 is 15.2 Å². The summed E-state index contributed by atoms with van der Waals surface area (Å²) in [5.41, 5.74) is 7.38. The van der Waals surface area contributed by atoms with E-state index in [-0.39, 0.29) is 6.04 Å². The summed E-state index contributed by atoms with van der Waals surface area (Å²) in [6.45, 7) is 1.92. The molecule has 0 aliphatic heterocycles. The molecule has 0 saturated carbocycles. The highest BCUT2D eigenvalue weighted by Crippen LogP contribution is 2.36. The van der Waals surface area contributed by atoms with E-state index in [4.69, 9.17) is 20.5 Å². The molecular formula is C16H15BrN2O2. The topological polar surface area (TPSA) is 68.3 Å². The molecule has 0 saturated heterocycles. The van der Waals surface area contributed by atoms with Gasteiger partial charge in [-0.25, -0.2) is 0 Å². The fourth-order valence-electron chi connectivity index (χ4n) is 1.82. The van der Waals surface area contributed by atoms with Crippen molar-refractivity contribution in [2.45, 2.75) is 13.0 Å². The van der Waals surface area contributed by atoms with Crippen molar-refractivity contribution in [3.05, 3.63) is 52.0 Å². The van der Waals surface area contributed by atoms with E-state index in [0.29, 0.717) is 22.8 Å². The zero-order valence-corrected chi connectivity index (χ0v) is 13.3. The van der Waals surface area contributed by atoms with E-state index in [1.54, 1.807) is 18.2 Å². The monoisotopic (exact) mass is 346 g/mol. The summed E-state index contributed by atoms with van der Waals surface area (Å²) in [5, 5.41) is 8.90. The molecule has 1 unspecified atom stereocenters. The maximum absolute atomic E-state index is 8.90. The van der Waals surface area contributed by atoms with Gasteiger partial charge in [0.05, 0.1) is 23.2 Å². The minimum absolute atomic E-state index is 0.0419. The molecule has 0 radical (unpaired) electrons. The van der Waals surface area contributed by atoms with E-state index in [1.807, 2.05) is 25.1 Å². The van der Waals surface area contributed by atoms with Crippen molar-refractivity contribution >= 4 is 15.9 Å². The first kappa shape index (κ1) is 15.4. The van der Waals surface area contributed by atoms with Crippen LogP contribution in [0.1, 0.15) is 24.1 Å². The molecular weight excluding hydrogens is 332 g/mol. The Balaban J connectivity index is 2.32. The first-order valence-corrected chi connectivity index (χ1v) is 7.15. The molecule has 0 fully saturated rings. The van der Waals surface area contributed by atoms with Gasteiger partial charge in [0.15, 0.2) is 11.5 Å². The van der Waals surface area contributed by atoms with E-state index in [9.17, 15) is 0 Å². The maximum Gasteiger partial charge on any atom is 0.169 e. The quantitative estimate of drug-likeness (QED) is 0.902. The normalized spacial score (nSPS) is 11.6. The zero-order chi connectivity index (χ0) is 15.4. The highest BCUT2D eigenvalue weighted by molar-refractivity contribution is 9.10. The number of hydrogen-bond donors (Lipinski definition) is 1. The van der Waals surface area contributed by atoms with Crippen LogP contribution in [0.25, 0.3) is 0 Å². The molecule has 0 aliphatic rings. The number of nitriles is 1. The lowest BCUT2D eigenvalue weighted by Crippen LogP contribution is -2.04. The van der Waals surface area contributed by atoms with Crippen LogP contribution in [0.4, 0.5) is 0 Å². The summed E-state index contributed by atoms with van der Waals surface area (Å²) >= 11 is 3.47. The predicted octanol–water partition coefficient (Wildman–Crippen LogP) is 4.14. The van der Waals surface area contributed by atoms with E-state index >= 15 is 0 Å². The highest BCUT2D eigenvalue weighted by Gasteiger charge is 2.10. The van der Waals surface area contributed by atoms with E-state index in [1.165, 1.54) is 7.11 Å². The molecule has 0 aromatic heterocycles. The average Bonchev–Trinajstić information content (AvgIpc) is 2.49. The van der Waals surface area contributed by atoms with Gasteiger partial charge in [-0.2, -0.15) is 5.26 Å². The second-order valence-corrected chi connectivity index (χ2v) is 5.41. The molecule has 0 amide bonds. The van der Waals surface area contributed by atoms with Crippen molar-refractivity contribution < 1.29 is 9.47 Å². The molecule has 108 valence electrons. The molecule has 0 heterocycles. The summed E-state index contributed by atoms with van der Waals surface area (Å²) in [4.78, 5) is 0. The lowest BCUT2D eigenvalue weighted by atomic mass is 10.1. The Hall–Kier alpha value is -2.03. The van der Waals surface area contributed by atoms with Gasteiger partial charge in [-0.3, -0.25) is 0 Å². The number of nitrogens with two attached hydrogens (primary N) is 1.